The number of fused-ring (bicyclic) bond motifs is 1. The monoisotopic (exact) mass is 336 g/mol. The van der Waals surface area contributed by atoms with E-state index in [0.29, 0.717) is 11.3 Å². The number of anilines is 1. The molecule has 0 radical (unpaired) electrons. The van der Waals surface area contributed by atoms with Gasteiger partial charge in [-0.15, -0.1) is 0 Å². The highest BCUT2D eigenvalue weighted by Gasteiger charge is 2.29. The molecule has 1 fully saturated rings. The van der Waals surface area contributed by atoms with E-state index < -0.39 is 10.0 Å². The molecule has 1 aromatic carbocycles. The number of amides is 1. The summed E-state index contributed by atoms with van der Waals surface area (Å²) in [5.74, 6) is -0.00122. The lowest BCUT2D eigenvalue weighted by Crippen LogP contribution is -2.38. The van der Waals surface area contributed by atoms with Crippen molar-refractivity contribution in [1.82, 2.24) is 4.31 Å². The van der Waals surface area contributed by atoms with E-state index in [4.69, 9.17) is 0 Å². The number of nitrogens with one attached hydrogen (secondary N) is 1. The van der Waals surface area contributed by atoms with E-state index in [-0.39, 0.29) is 11.9 Å². The Morgan fingerprint density at radius 1 is 1.09 bits per heavy atom. The first kappa shape index (κ1) is 16.5. The summed E-state index contributed by atoms with van der Waals surface area (Å²) in [7, 11) is -1.78. The third kappa shape index (κ3) is 3.43. The standard InChI is InChI=1S/C17H24N2O3S/c1-19(14-7-3-2-4-8-14)23(21,22)15-10-11-16-13(12-15)6-5-9-17(20)18-16/h10-12,14H,2-9H2,1H3,(H,18,20). The summed E-state index contributed by atoms with van der Waals surface area (Å²) < 4.78 is 27.4. The SMILES string of the molecule is CN(C1CCCCC1)S(=O)(=O)c1ccc2c(c1)CCCC(=O)N2. The molecule has 23 heavy (non-hydrogen) atoms. The smallest absolute Gasteiger partial charge is 0.243 e. The molecule has 1 heterocycles. The van der Waals surface area contributed by atoms with Crippen molar-refractivity contribution < 1.29 is 13.2 Å². The Balaban J connectivity index is 1.88. The van der Waals surface area contributed by atoms with Gasteiger partial charge in [-0.25, -0.2) is 8.42 Å². The number of nitrogens with zero attached hydrogens (tertiary/aromatic N) is 1. The second-order valence-corrected chi connectivity index (χ2v) is 8.53. The maximum Gasteiger partial charge on any atom is 0.243 e. The molecule has 0 spiro atoms. The highest BCUT2D eigenvalue weighted by Crippen LogP contribution is 2.29. The highest BCUT2D eigenvalue weighted by atomic mass is 32.2. The summed E-state index contributed by atoms with van der Waals surface area (Å²) in [6.45, 7) is 0. The topological polar surface area (TPSA) is 66.5 Å². The molecule has 0 atom stereocenters. The van der Waals surface area contributed by atoms with E-state index in [9.17, 15) is 13.2 Å². The average molecular weight is 336 g/mol. The first-order chi connectivity index (χ1) is 11.0. The molecule has 1 aromatic rings. The first-order valence-electron chi connectivity index (χ1n) is 8.39. The van der Waals surface area contributed by atoms with Crippen molar-refractivity contribution in [3.05, 3.63) is 23.8 Å². The lowest BCUT2D eigenvalue weighted by Gasteiger charge is -2.30. The van der Waals surface area contributed by atoms with Gasteiger partial charge in [0.25, 0.3) is 0 Å². The van der Waals surface area contributed by atoms with Gasteiger partial charge in [-0.3, -0.25) is 4.79 Å². The Bertz CT molecular complexity index is 694. The van der Waals surface area contributed by atoms with Crippen molar-refractivity contribution in [3.8, 4) is 0 Å². The largest absolute Gasteiger partial charge is 0.326 e. The third-order valence-electron chi connectivity index (χ3n) is 4.97. The Morgan fingerprint density at radius 3 is 2.57 bits per heavy atom. The van der Waals surface area contributed by atoms with E-state index in [2.05, 4.69) is 5.32 Å². The van der Waals surface area contributed by atoms with Gasteiger partial charge in [0.15, 0.2) is 0 Å². The van der Waals surface area contributed by atoms with Crippen LogP contribution in [0.4, 0.5) is 5.69 Å². The molecule has 0 bridgehead atoms. The van der Waals surface area contributed by atoms with Gasteiger partial charge in [-0.2, -0.15) is 4.31 Å². The van der Waals surface area contributed by atoms with Crippen LogP contribution in [0.3, 0.4) is 0 Å². The molecule has 0 aromatic heterocycles. The fraction of sp³-hybridized carbons (Fsp3) is 0.588. The maximum atomic E-state index is 12.9. The van der Waals surface area contributed by atoms with Gasteiger partial charge in [0, 0.05) is 25.2 Å². The minimum Gasteiger partial charge on any atom is -0.326 e. The number of carbonyl (C=O) groups excluding carboxylic acids is 1. The summed E-state index contributed by atoms with van der Waals surface area (Å²) in [6.07, 6.45) is 7.24. The van der Waals surface area contributed by atoms with Crippen LogP contribution in [0.25, 0.3) is 0 Å². The zero-order valence-electron chi connectivity index (χ0n) is 13.5. The predicted molar refractivity (Wildman–Crippen MR) is 89.8 cm³/mol. The molecule has 3 rings (SSSR count). The second kappa shape index (κ2) is 6.61. The predicted octanol–water partition coefficient (Wildman–Crippen LogP) is 2.91. The number of hydrogen-bond donors (Lipinski definition) is 1. The summed E-state index contributed by atoms with van der Waals surface area (Å²) >= 11 is 0. The summed E-state index contributed by atoms with van der Waals surface area (Å²) in [5.41, 5.74) is 1.65. The van der Waals surface area contributed by atoms with Gasteiger partial charge in [-0.05, 0) is 49.4 Å². The van der Waals surface area contributed by atoms with Gasteiger partial charge in [-0.1, -0.05) is 19.3 Å². The molecule has 1 aliphatic carbocycles. The molecule has 0 unspecified atom stereocenters. The zero-order chi connectivity index (χ0) is 16.4. The molecule has 0 saturated heterocycles. The molecule has 1 amide bonds. The van der Waals surface area contributed by atoms with Crippen LogP contribution in [0.15, 0.2) is 23.1 Å². The minimum atomic E-state index is -3.48. The van der Waals surface area contributed by atoms with E-state index in [1.54, 1.807) is 29.6 Å². The van der Waals surface area contributed by atoms with Crippen LogP contribution in [-0.4, -0.2) is 31.7 Å². The minimum absolute atomic E-state index is 0.00122. The van der Waals surface area contributed by atoms with Crippen molar-refractivity contribution in [3.63, 3.8) is 0 Å². The number of hydrogen-bond acceptors (Lipinski definition) is 3. The molecule has 1 aliphatic heterocycles. The maximum absolute atomic E-state index is 12.9. The Labute approximate surface area is 138 Å². The van der Waals surface area contributed by atoms with Crippen molar-refractivity contribution in [2.75, 3.05) is 12.4 Å². The van der Waals surface area contributed by atoms with Gasteiger partial charge >= 0.3 is 0 Å². The molecule has 5 nitrogen and oxygen atoms in total. The van der Waals surface area contributed by atoms with Gasteiger partial charge in [0.1, 0.15) is 0 Å². The van der Waals surface area contributed by atoms with E-state index in [0.717, 1.165) is 49.8 Å². The quantitative estimate of drug-likeness (QED) is 0.923. The van der Waals surface area contributed by atoms with E-state index in [1.807, 2.05) is 0 Å². The summed E-state index contributed by atoms with van der Waals surface area (Å²) in [5, 5.41) is 2.85. The first-order valence-corrected chi connectivity index (χ1v) is 9.83. The van der Waals surface area contributed by atoms with Gasteiger partial charge in [0.2, 0.25) is 15.9 Å². The molecular formula is C17H24N2O3S. The van der Waals surface area contributed by atoms with Crippen LogP contribution in [0.1, 0.15) is 50.5 Å². The Morgan fingerprint density at radius 2 is 1.83 bits per heavy atom. The molecule has 6 heteroatoms. The van der Waals surface area contributed by atoms with Crippen LogP contribution in [-0.2, 0) is 21.2 Å². The summed E-state index contributed by atoms with van der Waals surface area (Å²) in [6, 6.07) is 5.17. The van der Waals surface area contributed by atoms with Crippen LogP contribution in [0.5, 0.6) is 0 Å². The van der Waals surface area contributed by atoms with Crippen LogP contribution in [0, 0.1) is 0 Å². The lowest BCUT2D eigenvalue weighted by molar-refractivity contribution is -0.116. The number of sulfonamides is 1. The second-order valence-electron chi connectivity index (χ2n) is 6.53. The number of carbonyl (C=O) groups is 1. The molecular weight excluding hydrogens is 312 g/mol. The Kier molecular flexibility index (Phi) is 4.73. The van der Waals surface area contributed by atoms with Gasteiger partial charge < -0.3 is 5.32 Å². The van der Waals surface area contributed by atoms with Crippen molar-refractivity contribution in [1.29, 1.82) is 0 Å². The number of aryl methyl sites for hydroxylation is 1. The van der Waals surface area contributed by atoms with E-state index >= 15 is 0 Å². The van der Waals surface area contributed by atoms with Crippen molar-refractivity contribution in [2.45, 2.75) is 62.3 Å². The van der Waals surface area contributed by atoms with Crippen LogP contribution in [0.2, 0.25) is 0 Å². The average Bonchev–Trinajstić information content (AvgIpc) is 2.74. The molecule has 1 saturated carbocycles. The third-order valence-corrected chi connectivity index (χ3v) is 6.87. The highest BCUT2D eigenvalue weighted by molar-refractivity contribution is 7.89. The normalized spacial score (nSPS) is 20.0. The van der Waals surface area contributed by atoms with Crippen LogP contribution >= 0.6 is 0 Å². The van der Waals surface area contributed by atoms with E-state index in [1.165, 1.54) is 6.42 Å². The fourth-order valence-corrected chi connectivity index (χ4v) is 4.99. The number of benzene rings is 1. The van der Waals surface area contributed by atoms with Crippen LogP contribution < -0.4 is 5.32 Å². The number of rotatable bonds is 3. The molecule has 1 N–H and O–H groups in total. The fourth-order valence-electron chi connectivity index (χ4n) is 3.52. The molecule has 126 valence electrons. The summed E-state index contributed by atoms with van der Waals surface area (Å²) in [4.78, 5) is 11.9. The van der Waals surface area contributed by atoms with Gasteiger partial charge in [0.05, 0.1) is 4.90 Å². The van der Waals surface area contributed by atoms with Crippen molar-refractivity contribution in [2.24, 2.45) is 0 Å². The lowest BCUT2D eigenvalue weighted by atomic mass is 9.96. The molecule has 2 aliphatic rings. The van der Waals surface area contributed by atoms with Crippen molar-refractivity contribution >= 4 is 21.6 Å². The zero-order valence-corrected chi connectivity index (χ0v) is 14.4. The Hall–Kier alpha value is -1.40.